The van der Waals surface area contributed by atoms with E-state index in [1.54, 1.807) is 35.3 Å². The van der Waals surface area contributed by atoms with Crippen LogP contribution in [0.2, 0.25) is 0 Å². The Hall–Kier alpha value is -1.99. The van der Waals surface area contributed by atoms with Gasteiger partial charge in [-0.25, -0.2) is 0 Å². The molecule has 0 saturated heterocycles. The first-order valence-electron chi connectivity index (χ1n) is 7.40. The lowest BCUT2D eigenvalue weighted by Crippen LogP contribution is -2.02. The highest BCUT2D eigenvalue weighted by molar-refractivity contribution is 7.98. The van der Waals surface area contributed by atoms with Crippen LogP contribution in [0, 0.1) is 6.92 Å². The number of methoxy groups -OCH3 is 1. The Morgan fingerprint density at radius 2 is 1.92 bits per heavy atom. The average Bonchev–Trinajstić information content (AvgIpc) is 3.08. The fourth-order valence-electron chi connectivity index (χ4n) is 2.26. The van der Waals surface area contributed by atoms with Crippen LogP contribution in [-0.2, 0) is 5.75 Å². The first-order chi connectivity index (χ1) is 11.7. The van der Waals surface area contributed by atoms with Gasteiger partial charge < -0.3 is 4.74 Å². The van der Waals surface area contributed by atoms with E-state index in [1.807, 2.05) is 25.1 Å². The van der Waals surface area contributed by atoms with Crippen LogP contribution in [0.5, 0.6) is 5.75 Å². The van der Waals surface area contributed by atoms with Gasteiger partial charge in [-0.05, 0) is 59.0 Å². The van der Waals surface area contributed by atoms with Gasteiger partial charge in [0, 0.05) is 10.6 Å². The minimum atomic E-state index is 0.743. The van der Waals surface area contributed by atoms with Gasteiger partial charge in [-0.3, -0.25) is 0 Å². The summed E-state index contributed by atoms with van der Waals surface area (Å²) >= 11 is 3.35. The first-order valence-corrected chi connectivity index (χ1v) is 9.61. The largest absolute Gasteiger partial charge is 0.494 e. The fraction of sp³-hybridized carbons (Fsp3) is 0.235. The molecule has 1 aromatic heterocycles. The van der Waals surface area contributed by atoms with Crippen molar-refractivity contribution in [2.24, 2.45) is 0 Å². The maximum atomic E-state index is 5.44. The van der Waals surface area contributed by atoms with E-state index < -0.39 is 0 Å². The van der Waals surface area contributed by atoms with E-state index in [-0.39, 0.29) is 0 Å². The van der Waals surface area contributed by atoms with E-state index in [9.17, 15) is 0 Å². The van der Waals surface area contributed by atoms with Crippen molar-refractivity contribution in [2.45, 2.75) is 22.7 Å². The van der Waals surface area contributed by atoms with Gasteiger partial charge in [0.05, 0.1) is 7.11 Å². The van der Waals surface area contributed by atoms with Crippen LogP contribution >= 0.6 is 23.5 Å². The third kappa shape index (κ3) is 3.73. The first kappa shape index (κ1) is 16.9. The Morgan fingerprint density at radius 1 is 1.12 bits per heavy atom. The Balaban J connectivity index is 1.81. The molecule has 24 heavy (non-hydrogen) atoms. The predicted octanol–water partition coefficient (Wildman–Crippen LogP) is 3.99. The lowest BCUT2D eigenvalue weighted by Gasteiger charge is -2.10. The second-order valence-electron chi connectivity index (χ2n) is 5.19. The molecule has 0 atom stereocenters. The zero-order valence-electron chi connectivity index (χ0n) is 13.8. The third-order valence-electron chi connectivity index (χ3n) is 3.53. The molecule has 0 aliphatic heterocycles. The minimum absolute atomic E-state index is 0.743. The number of thioether (sulfide) groups is 2. The van der Waals surface area contributed by atoms with Crippen LogP contribution in [-0.4, -0.2) is 33.6 Å². The molecule has 0 aliphatic carbocycles. The van der Waals surface area contributed by atoms with E-state index in [1.165, 1.54) is 10.5 Å². The SMILES string of the molecule is COc1ccc(C)cc1-n1nnnc1SCc1ccc(SC)cc1. The van der Waals surface area contributed by atoms with Crippen molar-refractivity contribution in [1.82, 2.24) is 20.2 Å². The van der Waals surface area contributed by atoms with Crippen LogP contribution in [0.1, 0.15) is 11.1 Å². The van der Waals surface area contributed by atoms with Gasteiger partial charge >= 0.3 is 0 Å². The summed E-state index contributed by atoms with van der Waals surface area (Å²) in [7, 11) is 1.65. The number of hydrogen-bond acceptors (Lipinski definition) is 6. The number of rotatable bonds is 6. The molecule has 3 rings (SSSR count). The zero-order valence-corrected chi connectivity index (χ0v) is 15.4. The van der Waals surface area contributed by atoms with Crippen molar-refractivity contribution in [3.63, 3.8) is 0 Å². The quantitative estimate of drug-likeness (QED) is 0.621. The van der Waals surface area contributed by atoms with Crippen molar-refractivity contribution in [2.75, 3.05) is 13.4 Å². The van der Waals surface area contributed by atoms with Crippen LogP contribution in [0.3, 0.4) is 0 Å². The summed E-state index contributed by atoms with van der Waals surface area (Å²) in [5, 5.41) is 12.8. The summed E-state index contributed by atoms with van der Waals surface area (Å²) < 4.78 is 7.17. The van der Waals surface area contributed by atoms with Gasteiger partial charge in [-0.1, -0.05) is 30.0 Å². The van der Waals surface area contributed by atoms with Gasteiger partial charge in [-0.15, -0.1) is 16.9 Å². The molecule has 0 aliphatic rings. The van der Waals surface area contributed by atoms with E-state index >= 15 is 0 Å². The molecule has 3 aromatic rings. The lowest BCUT2D eigenvalue weighted by molar-refractivity contribution is 0.410. The molecule has 0 spiro atoms. The summed E-state index contributed by atoms with van der Waals surface area (Å²) in [5.41, 5.74) is 3.22. The Morgan fingerprint density at radius 3 is 2.62 bits per heavy atom. The Bertz CT molecular complexity index is 818. The van der Waals surface area contributed by atoms with Gasteiger partial charge in [0.1, 0.15) is 11.4 Å². The number of nitrogens with zero attached hydrogens (tertiary/aromatic N) is 4. The maximum absolute atomic E-state index is 5.44. The monoisotopic (exact) mass is 358 g/mol. The molecule has 124 valence electrons. The second-order valence-corrected chi connectivity index (χ2v) is 7.01. The van der Waals surface area contributed by atoms with Crippen molar-refractivity contribution in [3.05, 3.63) is 53.6 Å². The van der Waals surface area contributed by atoms with Crippen molar-refractivity contribution >= 4 is 23.5 Å². The highest BCUT2D eigenvalue weighted by atomic mass is 32.2. The summed E-state index contributed by atoms with van der Waals surface area (Å²) in [5.74, 6) is 1.56. The molecule has 0 N–H and O–H groups in total. The molecular formula is C17H18N4OS2. The highest BCUT2D eigenvalue weighted by Gasteiger charge is 2.13. The molecule has 7 heteroatoms. The van der Waals surface area contributed by atoms with Crippen molar-refractivity contribution < 1.29 is 4.74 Å². The predicted molar refractivity (Wildman–Crippen MR) is 98.2 cm³/mol. The van der Waals surface area contributed by atoms with Gasteiger partial charge in [0.15, 0.2) is 0 Å². The zero-order chi connectivity index (χ0) is 16.9. The Labute approximate surface area is 149 Å². The molecule has 0 radical (unpaired) electrons. The molecule has 0 fully saturated rings. The number of aromatic nitrogens is 4. The molecule has 1 heterocycles. The van der Waals surface area contributed by atoms with E-state index in [2.05, 4.69) is 46.0 Å². The topological polar surface area (TPSA) is 52.8 Å². The number of hydrogen-bond donors (Lipinski definition) is 0. The third-order valence-corrected chi connectivity index (χ3v) is 5.26. The van der Waals surface area contributed by atoms with E-state index in [0.717, 1.165) is 27.9 Å². The van der Waals surface area contributed by atoms with Gasteiger partial charge in [0.25, 0.3) is 0 Å². The normalized spacial score (nSPS) is 10.8. The molecule has 0 saturated carbocycles. The summed E-state index contributed by atoms with van der Waals surface area (Å²) in [6.07, 6.45) is 2.08. The molecule has 2 aromatic carbocycles. The Kier molecular flexibility index (Phi) is 5.42. The van der Waals surface area contributed by atoms with E-state index in [0.29, 0.717) is 0 Å². The van der Waals surface area contributed by atoms with Crippen LogP contribution in [0.25, 0.3) is 5.69 Å². The number of ether oxygens (including phenoxy) is 1. The highest BCUT2D eigenvalue weighted by Crippen LogP contribution is 2.28. The summed E-state index contributed by atoms with van der Waals surface area (Å²) in [6.45, 7) is 2.04. The second kappa shape index (κ2) is 7.72. The van der Waals surface area contributed by atoms with Gasteiger partial charge in [0.2, 0.25) is 5.16 Å². The minimum Gasteiger partial charge on any atom is -0.494 e. The molecular weight excluding hydrogens is 340 g/mol. The standard InChI is InChI=1S/C17H18N4OS2/c1-12-4-9-16(22-2)15(10-12)21-17(18-19-20-21)24-11-13-5-7-14(23-3)8-6-13/h4-10H,11H2,1-3H3. The number of aryl methyl sites for hydroxylation is 1. The van der Waals surface area contributed by atoms with Crippen LogP contribution in [0.4, 0.5) is 0 Å². The van der Waals surface area contributed by atoms with Crippen molar-refractivity contribution in [1.29, 1.82) is 0 Å². The lowest BCUT2D eigenvalue weighted by atomic mass is 10.2. The van der Waals surface area contributed by atoms with Crippen LogP contribution < -0.4 is 4.74 Å². The maximum Gasteiger partial charge on any atom is 0.214 e. The average molecular weight is 358 g/mol. The molecule has 0 unspecified atom stereocenters. The summed E-state index contributed by atoms with van der Waals surface area (Å²) in [6, 6.07) is 14.5. The molecule has 0 amide bonds. The van der Waals surface area contributed by atoms with E-state index in [4.69, 9.17) is 4.74 Å². The smallest absolute Gasteiger partial charge is 0.214 e. The fourth-order valence-corrected chi connectivity index (χ4v) is 3.50. The number of tetrazole rings is 1. The van der Waals surface area contributed by atoms with Gasteiger partial charge in [-0.2, -0.15) is 4.68 Å². The molecule has 5 nitrogen and oxygen atoms in total. The van der Waals surface area contributed by atoms with Crippen molar-refractivity contribution in [3.8, 4) is 11.4 Å². The number of benzene rings is 2. The summed E-state index contributed by atoms with van der Waals surface area (Å²) in [4.78, 5) is 1.26. The molecule has 0 bridgehead atoms. The van der Waals surface area contributed by atoms with Crippen LogP contribution in [0.15, 0.2) is 52.5 Å².